The number of hydrogen-bond donors (Lipinski definition) is 1. The van der Waals surface area contributed by atoms with E-state index in [-0.39, 0.29) is 5.75 Å². The molecule has 0 saturated carbocycles. The van der Waals surface area contributed by atoms with Crippen molar-refractivity contribution < 1.29 is 8.42 Å². The maximum atomic E-state index is 11.1. The van der Waals surface area contributed by atoms with Crippen LogP contribution in [-0.4, -0.2) is 39.0 Å². The largest absolute Gasteiger partial charge is 0.389 e. The van der Waals surface area contributed by atoms with Gasteiger partial charge >= 0.3 is 0 Å². The fourth-order valence-corrected chi connectivity index (χ4v) is 2.87. The Morgan fingerprint density at radius 1 is 1.50 bits per heavy atom. The van der Waals surface area contributed by atoms with Gasteiger partial charge in [0, 0.05) is 35.6 Å². The second-order valence-corrected chi connectivity index (χ2v) is 7.63. The van der Waals surface area contributed by atoms with E-state index in [1.807, 2.05) is 30.1 Å². The SMILES string of the molecule is CN(CCS(C)(=O)=O)c1ccc(C(N)=S)c(Br)c1. The average molecular weight is 351 g/mol. The van der Waals surface area contributed by atoms with Crippen molar-refractivity contribution in [3.05, 3.63) is 28.2 Å². The fourth-order valence-electron chi connectivity index (χ4n) is 1.37. The Balaban J connectivity index is 2.85. The van der Waals surface area contributed by atoms with Gasteiger partial charge in [-0.05, 0) is 34.1 Å². The zero-order chi connectivity index (χ0) is 13.9. The normalized spacial score (nSPS) is 11.3. The van der Waals surface area contributed by atoms with Crippen molar-refractivity contribution in [1.82, 2.24) is 0 Å². The van der Waals surface area contributed by atoms with Crippen LogP contribution >= 0.6 is 28.1 Å². The maximum absolute atomic E-state index is 11.1. The molecule has 0 spiro atoms. The van der Waals surface area contributed by atoms with Gasteiger partial charge < -0.3 is 10.6 Å². The molecule has 1 rings (SSSR count). The first-order chi connectivity index (χ1) is 8.20. The van der Waals surface area contributed by atoms with Crippen molar-refractivity contribution in [2.24, 2.45) is 5.73 Å². The van der Waals surface area contributed by atoms with Crippen LogP contribution in [0, 0.1) is 0 Å². The van der Waals surface area contributed by atoms with Gasteiger partial charge in [-0.25, -0.2) is 8.42 Å². The van der Waals surface area contributed by atoms with Crippen molar-refractivity contribution >= 4 is 48.7 Å². The number of benzene rings is 1. The average Bonchev–Trinajstić information content (AvgIpc) is 2.24. The molecule has 0 bridgehead atoms. The first kappa shape index (κ1) is 15.4. The van der Waals surface area contributed by atoms with Crippen LogP contribution in [0.1, 0.15) is 5.56 Å². The number of hydrogen-bond acceptors (Lipinski definition) is 4. The Kier molecular flexibility index (Phi) is 5.12. The van der Waals surface area contributed by atoms with Crippen LogP contribution in [0.25, 0.3) is 0 Å². The molecule has 1 aromatic carbocycles. The highest BCUT2D eigenvalue weighted by Crippen LogP contribution is 2.23. The van der Waals surface area contributed by atoms with Crippen molar-refractivity contribution in [3.8, 4) is 0 Å². The summed E-state index contributed by atoms with van der Waals surface area (Å²) in [5.74, 6) is 0.123. The number of halogens is 1. The van der Waals surface area contributed by atoms with E-state index < -0.39 is 9.84 Å². The Labute approximate surface area is 121 Å². The van der Waals surface area contributed by atoms with Gasteiger partial charge in [0.2, 0.25) is 0 Å². The van der Waals surface area contributed by atoms with Gasteiger partial charge in [-0.2, -0.15) is 0 Å². The summed E-state index contributed by atoms with van der Waals surface area (Å²) in [6.45, 7) is 0.442. The lowest BCUT2D eigenvalue weighted by Gasteiger charge is -2.19. The summed E-state index contributed by atoms with van der Waals surface area (Å²) in [5, 5.41) is 0. The highest BCUT2D eigenvalue weighted by molar-refractivity contribution is 9.10. The van der Waals surface area contributed by atoms with Gasteiger partial charge in [-0.3, -0.25) is 0 Å². The number of nitrogens with two attached hydrogens (primary N) is 1. The van der Waals surface area contributed by atoms with E-state index in [9.17, 15) is 8.42 Å². The lowest BCUT2D eigenvalue weighted by molar-refractivity contribution is 0.601. The van der Waals surface area contributed by atoms with Crippen molar-refractivity contribution in [3.63, 3.8) is 0 Å². The Morgan fingerprint density at radius 2 is 2.11 bits per heavy atom. The molecule has 0 saturated heterocycles. The molecule has 2 N–H and O–H groups in total. The lowest BCUT2D eigenvalue weighted by atomic mass is 10.2. The monoisotopic (exact) mass is 350 g/mol. The second-order valence-electron chi connectivity index (χ2n) is 4.08. The summed E-state index contributed by atoms with van der Waals surface area (Å²) in [6, 6.07) is 5.55. The van der Waals surface area contributed by atoms with Crippen molar-refractivity contribution in [2.75, 3.05) is 30.5 Å². The molecule has 0 amide bonds. The summed E-state index contributed by atoms with van der Waals surface area (Å²) in [7, 11) is -1.11. The third-order valence-electron chi connectivity index (χ3n) is 2.46. The van der Waals surface area contributed by atoms with Gasteiger partial charge in [0.1, 0.15) is 14.8 Å². The molecule has 0 aliphatic heterocycles. The summed E-state index contributed by atoms with van der Waals surface area (Å²) >= 11 is 8.31. The molecule has 0 fully saturated rings. The molecule has 0 radical (unpaired) electrons. The third kappa shape index (κ3) is 4.55. The van der Waals surface area contributed by atoms with Crippen LogP contribution in [0.5, 0.6) is 0 Å². The predicted octanol–water partition coefficient (Wildman–Crippen LogP) is 1.56. The molecule has 0 atom stereocenters. The topological polar surface area (TPSA) is 63.4 Å². The van der Waals surface area contributed by atoms with Crippen LogP contribution < -0.4 is 10.6 Å². The van der Waals surface area contributed by atoms with E-state index in [4.69, 9.17) is 18.0 Å². The zero-order valence-electron chi connectivity index (χ0n) is 10.2. The summed E-state index contributed by atoms with van der Waals surface area (Å²) in [5.41, 5.74) is 7.24. The van der Waals surface area contributed by atoms with E-state index in [2.05, 4.69) is 15.9 Å². The van der Waals surface area contributed by atoms with Gasteiger partial charge in [-0.1, -0.05) is 12.2 Å². The van der Waals surface area contributed by atoms with Gasteiger partial charge in [-0.15, -0.1) is 0 Å². The summed E-state index contributed by atoms with van der Waals surface area (Å²) in [4.78, 5) is 2.20. The van der Waals surface area contributed by atoms with Crippen LogP contribution in [0.2, 0.25) is 0 Å². The van der Waals surface area contributed by atoms with Gasteiger partial charge in [0.15, 0.2) is 0 Å². The summed E-state index contributed by atoms with van der Waals surface area (Å²) in [6.07, 6.45) is 1.23. The van der Waals surface area contributed by atoms with Gasteiger partial charge in [0.05, 0.1) is 5.75 Å². The molecular weight excluding hydrogens is 336 g/mol. The second kappa shape index (κ2) is 5.99. The molecule has 7 heteroatoms. The minimum absolute atomic E-state index is 0.123. The molecular formula is C11H15BrN2O2S2. The molecule has 0 aliphatic rings. The number of thiocarbonyl (C=S) groups is 1. The maximum Gasteiger partial charge on any atom is 0.149 e. The molecule has 0 heterocycles. The minimum Gasteiger partial charge on any atom is -0.389 e. The number of anilines is 1. The van der Waals surface area contributed by atoms with Crippen LogP contribution in [0.15, 0.2) is 22.7 Å². The molecule has 0 aromatic heterocycles. The van der Waals surface area contributed by atoms with Crippen LogP contribution in [-0.2, 0) is 9.84 Å². The van der Waals surface area contributed by atoms with Crippen molar-refractivity contribution in [2.45, 2.75) is 0 Å². The third-order valence-corrected chi connectivity index (χ3v) is 4.26. The van der Waals surface area contributed by atoms with E-state index >= 15 is 0 Å². The van der Waals surface area contributed by atoms with Crippen molar-refractivity contribution in [1.29, 1.82) is 0 Å². The zero-order valence-corrected chi connectivity index (χ0v) is 13.4. The fraction of sp³-hybridized carbons (Fsp3) is 0.364. The molecule has 4 nitrogen and oxygen atoms in total. The molecule has 0 aliphatic carbocycles. The standard InChI is InChI=1S/C11H15BrN2O2S2/c1-14(5-6-18(2,15)16)8-3-4-9(11(13)17)10(12)7-8/h3-4,7H,5-6H2,1-2H3,(H2,13,17). The first-order valence-electron chi connectivity index (χ1n) is 5.19. The van der Waals surface area contributed by atoms with E-state index in [0.717, 1.165) is 15.7 Å². The molecule has 1 aromatic rings. The van der Waals surface area contributed by atoms with E-state index in [1.54, 1.807) is 0 Å². The van der Waals surface area contributed by atoms with Gasteiger partial charge in [0.25, 0.3) is 0 Å². The number of rotatable bonds is 5. The quantitative estimate of drug-likeness (QED) is 0.816. The highest BCUT2D eigenvalue weighted by Gasteiger charge is 2.09. The Bertz CT molecular complexity index is 558. The summed E-state index contributed by atoms with van der Waals surface area (Å²) < 4.78 is 23.0. The van der Waals surface area contributed by atoms with Crippen LogP contribution in [0.3, 0.4) is 0 Å². The number of sulfone groups is 1. The predicted molar refractivity (Wildman–Crippen MR) is 83.0 cm³/mol. The Morgan fingerprint density at radius 3 is 2.56 bits per heavy atom. The highest BCUT2D eigenvalue weighted by atomic mass is 79.9. The lowest BCUT2D eigenvalue weighted by Crippen LogP contribution is -2.25. The smallest absolute Gasteiger partial charge is 0.149 e. The minimum atomic E-state index is -2.95. The van der Waals surface area contributed by atoms with E-state index in [0.29, 0.717) is 11.5 Å². The number of nitrogens with zero attached hydrogens (tertiary/aromatic N) is 1. The first-order valence-corrected chi connectivity index (χ1v) is 8.45. The molecule has 100 valence electrons. The Hall–Kier alpha value is -0.660. The van der Waals surface area contributed by atoms with E-state index in [1.165, 1.54) is 6.26 Å². The molecule has 0 unspecified atom stereocenters. The van der Waals surface area contributed by atoms with Crippen LogP contribution in [0.4, 0.5) is 5.69 Å². The molecule has 18 heavy (non-hydrogen) atoms.